The number of hydrogen-bond donors (Lipinski definition) is 3. The van der Waals surface area contributed by atoms with Crippen LogP contribution < -0.4 is 10.6 Å². The first-order valence-electron chi connectivity index (χ1n) is 8.81. The minimum atomic E-state index is -0.933. The monoisotopic (exact) mass is 397 g/mol. The lowest BCUT2D eigenvalue weighted by Crippen LogP contribution is -2.40. The van der Waals surface area contributed by atoms with E-state index in [0.29, 0.717) is 5.13 Å². The lowest BCUT2D eigenvalue weighted by Gasteiger charge is -2.15. The molecule has 3 N–H and O–H groups in total. The van der Waals surface area contributed by atoms with Gasteiger partial charge in [0.15, 0.2) is 5.13 Å². The highest BCUT2D eigenvalue weighted by molar-refractivity contribution is 7.14. The largest absolute Gasteiger partial charge is 0.360 e. The number of imide groups is 1. The van der Waals surface area contributed by atoms with Gasteiger partial charge in [0.05, 0.1) is 5.69 Å². The summed E-state index contributed by atoms with van der Waals surface area (Å²) in [5, 5.41) is 8.74. The Bertz CT molecular complexity index is 1080. The van der Waals surface area contributed by atoms with Gasteiger partial charge < -0.3 is 15.6 Å². The van der Waals surface area contributed by atoms with Gasteiger partial charge in [-0.1, -0.05) is 18.2 Å². The van der Waals surface area contributed by atoms with Crippen molar-refractivity contribution < 1.29 is 14.4 Å². The number of thiazole rings is 1. The molecule has 0 atom stereocenters. The Morgan fingerprint density at radius 2 is 2.07 bits per heavy atom. The zero-order chi connectivity index (χ0) is 19.9. The number of fused-ring (bicyclic) bond motifs is 1. The Labute approximate surface area is 164 Å². The van der Waals surface area contributed by atoms with E-state index in [1.165, 1.54) is 11.3 Å². The average Bonchev–Trinajstić information content (AvgIpc) is 3.31. The van der Waals surface area contributed by atoms with Crippen LogP contribution in [0.2, 0.25) is 0 Å². The minimum absolute atomic E-state index is 0.0111. The lowest BCUT2D eigenvalue weighted by molar-refractivity contribution is -0.130. The normalized spacial score (nSPS) is 15.9. The van der Waals surface area contributed by atoms with Gasteiger partial charge >= 0.3 is 6.03 Å². The van der Waals surface area contributed by atoms with E-state index < -0.39 is 11.6 Å². The Hall–Kier alpha value is -3.20. The smallest absolute Gasteiger partial charge is 0.325 e. The molecule has 1 saturated heterocycles. The lowest BCUT2D eigenvalue weighted by atomic mass is 10.1. The molecule has 1 aliphatic rings. The predicted molar refractivity (Wildman–Crippen MR) is 107 cm³/mol. The second-order valence-electron chi connectivity index (χ2n) is 7.10. The van der Waals surface area contributed by atoms with Crippen LogP contribution in [0.3, 0.4) is 0 Å². The van der Waals surface area contributed by atoms with Crippen LogP contribution in [0.1, 0.15) is 20.3 Å². The van der Waals surface area contributed by atoms with Crippen molar-refractivity contribution in [1.29, 1.82) is 0 Å². The quantitative estimate of drug-likeness (QED) is 0.575. The number of urea groups is 1. The van der Waals surface area contributed by atoms with Crippen LogP contribution in [-0.2, 0) is 9.59 Å². The van der Waals surface area contributed by atoms with E-state index in [-0.39, 0.29) is 24.8 Å². The van der Waals surface area contributed by atoms with E-state index in [1.54, 1.807) is 13.8 Å². The number of anilines is 1. The van der Waals surface area contributed by atoms with Crippen molar-refractivity contribution in [2.45, 2.75) is 25.8 Å². The van der Waals surface area contributed by atoms with Crippen LogP contribution >= 0.6 is 11.3 Å². The van der Waals surface area contributed by atoms with Gasteiger partial charge in [0.1, 0.15) is 5.54 Å². The number of carbonyl (C=O) groups is 3. The molecule has 4 amide bonds. The molecule has 0 unspecified atom stereocenters. The number of hydrogen-bond acceptors (Lipinski definition) is 5. The van der Waals surface area contributed by atoms with E-state index in [4.69, 9.17) is 0 Å². The third kappa shape index (κ3) is 3.24. The van der Waals surface area contributed by atoms with Crippen molar-refractivity contribution in [2.75, 3.05) is 11.9 Å². The fraction of sp³-hybridized carbons (Fsp3) is 0.263. The highest BCUT2D eigenvalue weighted by atomic mass is 32.1. The third-order valence-electron chi connectivity index (χ3n) is 4.62. The van der Waals surface area contributed by atoms with E-state index in [9.17, 15) is 14.4 Å². The number of amides is 4. The molecule has 9 heteroatoms. The highest BCUT2D eigenvalue weighted by Crippen LogP contribution is 2.31. The molecule has 3 aromatic rings. The summed E-state index contributed by atoms with van der Waals surface area (Å²) < 4.78 is 0. The molecule has 3 heterocycles. The van der Waals surface area contributed by atoms with Gasteiger partial charge in [-0.15, -0.1) is 11.3 Å². The first-order valence-corrected chi connectivity index (χ1v) is 9.69. The zero-order valence-electron chi connectivity index (χ0n) is 15.4. The maximum atomic E-state index is 12.2. The number of benzene rings is 1. The standard InChI is InChI=1S/C19H19N5O3S/c1-19(2)16(26)24(18(27)23-19)8-7-15(25)22-17-21-14(10-28-17)12-9-20-13-6-4-3-5-11(12)13/h3-6,9-10,20H,7-8H2,1-2H3,(H,23,27)(H,21,22,25). The summed E-state index contributed by atoms with van der Waals surface area (Å²) in [6, 6.07) is 7.45. The fourth-order valence-corrected chi connectivity index (χ4v) is 3.88. The van der Waals surface area contributed by atoms with E-state index in [0.717, 1.165) is 27.1 Å². The second kappa shape index (κ2) is 6.75. The number of rotatable bonds is 5. The summed E-state index contributed by atoms with van der Waals surface area (Å²) in [7, 11) is 0. The van der Waals surface area contributed by atoms with Gasteiger partial charge in [-0.2, -0.15) is 0 Å². The van der Waals surface area contributed by atoms with Gasteiger partial charge in [-0.25, -0.2) is 9.78 Å². The maximum Gasteiger partial charge on any atom is 0.325 e. The molecule has 1 fully saturated rings. The number of para-hydroxylation sites is 1. The molecule has 0 saturated carbocycles. The molecule has 0 bridgehead atoms. The topological polar surface area (TPSA) is 107 Å². The van der Waals surface area contributed by atoms with Crippen LogP contribution in [-0.4, -0.2) is 44.8 Å². The maximum absolute atomic E-state index is 12.2. The predicted octanol–water partition coefficient (Wildman–Crippen LogP) is 2.95. The van der Waals surface area contributed by atoms with Crippen molar-refractivity contribution >= 4 is 45.2 Å². The number of aromatic amines is 1. The molecule has 8 nitrogen and oxygen atoms in total. The molecule has 0 spiro atoms. The number of aromatic nitrogens is 2. The van der Waals surface area contributed by atoms with Crippen molar-refractivity contribution in [3.63, 3.8) is 0 Å². The summed E-state index contributed by atoms with van der Waals surface area (Å²) in [6.45, 7) is 3.30. The third-order valence-corrected chi connectivity index (χ3v) is 5.38. The summed E-state index contributed by atoms with van der Waals surface area (Å²) >= 11 is 1.33. The van der Waals surface area contributed by atoms with Crippen molar-refractivity contribution in [3.05, 3.63) is 35.8 Å². The molecule has 144 valence electrons. The van der Waals surface area contributed by atoms with Gasteiger partial charge in [-0.3, -0.25) is 14.5 Å². The number of carbonyl (C=O) groups excluding carboxylic acids is 3. The number of nitrogens with one attached hydrogen (secondary N) is 3. The van der Waals surface area contributed by atoms with Crippen LogP contribution in [0, 0.1) is 0 Å². The molecule has 0 radical (unpaired) electrons. The zero-order valence-corrected chi connectivity index (χ0v) is 16.2. The SMILES string of the molecule is CC1(C)NC(=O)N(CCC(=O)Nc2nc(-c3c[nH]c4ccccc34)cs2)C1=O. The van der Waals surface area contributed by atoms with Crippen LogP contribution in [0.25, 0.3) is 22.2 Å². The Morgan fingerprint density at radius 1 is 1.29 bits per heavy atom. The van der Waals surface area contributed by atoms with E-state index in [1.807, 2.05) is 35.8 Å². The molecule has 1 aromatic carbocycles. The van der Waals surface area contributed by atoms with Crippen LogP contribution in [0.4, 0.5) is 9.93 Å². The van der Waals surface area contributed by atoms with Gasteiger partial charge in [0, 0.05) is 41.0 Å². The Balaban J connectivity index is 1.40. The molecule has 0 aliphatic carbocycles. The first-order chi connectivity index (χ1) is 13.3. The van der Waals surface area contributed by atoms with Crippen molar-refractivity contribution in [1.82, 2.24) is 20.2 Å². The molecule has 2 aromatic heterocycles. The van der Waals surface area contributed by atoms with Crippen LogP contribution in [0.15, 0.2) is 35.8 Å². The summed E-state index contributed by atoms with van der Waals surface area (Å²) in [6.07, 6.45) is 1.90. The molecular weight excluding hydrogens is 378 g/mol. The Morgan fingerprint density at radius 3 is 2.82 bits per heavy atom. The molecule has 28 heavy (non-hydrogen) atoms. The van der Waals surface area contributed by atoms with Gasteiger partial charge in [0.2, 0.25) is 5.91 Å². The highest BCUT2D eigenvalue weighted by Gasteiger charge is 2.44. The fourth-order valence-electron chi connectivity index (χ4n) is 3.15. The van der Waals surface area contributed by atoms with Crippen LogP contribution in [0.5, 0.6) is 0 Å². The number of nitrogens with zero attached hydrogens (tertiary/aromatic N) is 2. The molecular formula is C19H19N5O3S. The van der Waals surface area contributed by atoms with Crippen molar-refractivity contribution in [3.8, 4) is 11.3 Å². The molecule has 1 aliphatic heterocycles. The molecule has 4 rings (SSSR count). The second-order valence-corrected chi connectivity index (χ2v) is 7.95. The summed E-state index contributed by atoms with van der Waals surface area (Å²) in [4.78, 5) is 45.0. The summed E-state index contributed by atoms with van der Waals surface area (Å²) in [5.41, 5.74) is 1.83. The van der Waals surface area contributed by atoms with Crippen molar-refractivity contribution in [2.24, 2.45) is 0 Å². The minimum Gasteiger partial charge on any atom is -0.360 e. The Kier molecular flexibility index (Phi) is 4.38. The van der Waals surface area contributed by atoms with Gasteiger partial charge in [-0.05, 0) is 19.9 Å². The average molecular weight is 397 g/mol. The first kappa shape index (κ1) is 18.2. The van der Waals surface area contributed by atoms with E-state index in [2.05, 4.69) is 20.6 Å². The summed E-state index contributed by atoms with van der Waals surface area (Å²) in [5.74, 6) is -0.633. The number of H-pyrrole nitrogens is 1. The van der Waals surface area contributed by atoms with E-state index >= 15 is 0 Å². The van der Waals surface area contributed by atoms with Gasteiger partial charge in [0.25, 0.3) is 5.91 Å².